The van der Waals surface area contributed by atoms with Gasteiger partial charge in [-0.05, 0) is 24.1 Å². The molecule has 1 aromatic rings. The van der Waals surface area contributed by atoms with E-state index in [9.17, 15) is 15.3 Å². The molecule has 0 aromatic heterocycles. The Morgan fingerprint density at radius 1 is 1.05 bits per heavy atom. The molecular weight excluding hydrogens is 264 g/mol. The predicted octanol–water partition coefficient (Wildman–Crippen LogP) is -0.572. The van der Waals surface area contributed by atoms with Crippen LogP contribution >= 0.6 is 0 Å². The van der Waals surface area contributed by atoms with Crippen LogP contribution in [0.1, 0.15) is 12.5 Å². The van der Waals surface area contributed by atoms with Crippen molar-refractivity contribution in [2.24, 2.45) is 0 Å². The number of hydrogen-bond donors (Lipinski definition) is 4. The zero-order valence-corrected chi connectivity index (χ0v) is 11.2. The number of ether oxygens (including phenoxy) is 2. The number of benzene rings is 1. The zero-order chi connectivity index (χ0) is 14.7. The summed E-state index contributed by atoms with van der Waals surface area (Å²) in [5, 5.41) is 38.2. The van der Waals surface area contributed by atoms with Crippen molar-refractivity contribution in [1.29, 1.82) is 0 Å². The standard InChI is InChI=1S/C14H20O6/c1-2-8-3-5-9(6-4-8)19-14-13(18)12(17)11(16)10(7-15)20-14/h3-6,10-18H,2,7H2,1H3/t10-,11-,12+,13+,14+/m1/s1. The maximum atomic E-state index is 9.84. The summed E-state index contributed by atoms with van der Waals surface area (Å²) in [5.74, 6) is 0.478. The molecule has 1 aromatic carbocycles. The summed E-state index contributed by atoms with van der Waals surface area (Å²) in [6, 6.07) is 7.25. The second-order valence-corrected chi connectivity index (χ2v) is 4.81. The van der Waals surface area contributed by atoms with E-state index in [1.54, 1.807) is 12.1 Å². The lowest BCUT2D eigenvalue weighted by molar-refractivity contribution is -0.277. The quantitative estimate of drug-likeness (QED) is 0.591. The number of aryl methyl sites for hydroxylation is 1. The third-order valence-electron chi connectivity index (χ3n) is 3.43. The first kappa shape index (κ1) is 15.2. The number of aliphatic hydroxyl groups is 4. The van der Waals surface area contributed by atoms with Gasteiger partial charge in [-0.25, -0.2) is 0 Å². The predicted molar refractivity (Wildman–Crippen MR) is 70.2 cm³/mol. The van der Waals surface area contributed by atoms with E-state index in [0.717, 1.165) is 12.0 Å². The molecule has 1 fully saturated rings. The van der Waals surface area contributed by atoms with E-state index in [1.807, 2.05) is 19.1 Å². The Labute approximate surface area is 117 Å². The second-order valence-electron chi connectivity index (χ2n) is 4.81. The molecule has 1 heterocycles. The van der Waals surface area contributed by atoms with Crippen molar-refractivity contribution < 1.29 is 29.9 Å². The fraction of sp³-hybridized carbons (Fsp3) is 0.571. The largest absolute Gasteiger partial charge is 0.462 e. The van der Waals surface area contributed by atoms with E-state index in [0.29, 0.717) is 5.75 Å². The molecule has 1 saturated heterocycles. The number of aliphatic hydroxyl groups excluding tert-OH is 4. The zero-order valence-electron chi connectivity index (χ0n) is 11.2. The Balaban J connectivity index is 2.06. The van der Waals surface area contributed by atoms with Gasteiger partial charge in [0.25, 0.3) is 0 Å². The van der Waals surface area contributed by atoms with E-state index in [1.165, 1.54) is 0 Å². The summed E-state index contributed by atoms with van der Waals surface area (Å²) in [6.45, 7) is 1.56. The molecule has 0 saturated carbocycles. The molecule has 112 valence electrons. The van der Waals surface area contributed by atoms with Crippen molar-refractivity contribution >= 4 is 0 Å². The highest BCUT2D eigenvalue weighted by Crippen LogP contribution is 2.24. The molecule has 0 unspecified atom stereocenters. The topological polar surface area (TPSA) is 99.4 Å². The molecule has 2 rings (SSSR count). The molecule has 4 N–H and O–H groups in total. The Morgan fingerprint density at radius 2 is 1.70 bits per heavy atom. The van der Waals surface area contributed by atoms with Crippen LogP contribution in [0.25, 0.3) is 0 Å². The first-order valence-corrected chi connectivity index (χ1v) is 6.63. The molecule has 1 aliphatic rings. The van der Waals surface area contributed by atoms with Gasteiger partial charge in [0.15, 0.2) is 0 Å². The molecule has 0 amide bonds. The van der Waals surface area contributed by atoms with Gasteiger partial charge in [-0.15, -0.1) is 0 Å². The molecule has 6 heteroatoms. The molecule has 0 bridgehead atoms. The summed E-state index contributed by atoms with van der Waals surface area (Å²) < 4.78 is 10.7. The lowest BCUT2D eigenvalue weighted by Gasteiger charge is -2.39. The molecule has 1 aliphatic heterocycles. The van der Waals surface area contributed by atoms with Crippen LogP contribution < -0.4 is 4.74 Å². The van der Waals surface area contributed by atoms with Gasteiger partial charge in [-0.2, -0.15) is 0 Å². The SMILES string of the molecule is CCc1ccc(O[C@H]2O[C@H](CO)[C@@H](O)[C@H](O)[C@@H]2O)cc1. The number of hydrogen-bond acceptors (Lipinski definition) is 6. The van der Waals surface area contributed by atoms with Crippen molar-refractivity contribution in [1.82, 2.24) is 0 Å². The van der Waals surface area contributed by atoms with Crippen LogP contribution in [0.5, 0.6) is 5.75 Å². The minimum Gasteiger partial charge on any atom is -0.462 e. The third-order valence-corrected chi connectivity index (χ3v) is 3.43. The van der Waals surface area contributed by atoms with Gasteiger partial charge >= 0.3 is 0 Å². The summed E-state index contributed by atoms with van der Waals surface area (Å²) in [7, 11) is 0. The maximum absolute atomic E-state index is 9.84. The molecular formula is C14H20O6. The molecule has 5 atom stereocenters. The highest BCUT2D eigenvalue weighted by atomic mass is 16.7. The average Bonchev–Trinajstić information content (AvgIpc) is 2.48. The minimum atomic E-state index is -1.43. The van der Waals surface area contributed by atoms with Crippen LogP contribution in [0, 0.1) is 0 Å². The van der Waals surface area contributed by atoms with Crippen LogP contribution in [0.4, 0.5) is 0 Å². The maximum Gasteiger partial charge on any atom is 0.229 e. The van der Waals surface area contributed by atoms with Crippen LogP contribution in [-0.4, -0.2) is 57.7 Å². The first-order valence-electron chi connectivity index (χ1n) is 6.63. The van der Waals surface area contributed by atoms with Crippen LogP contribution in [0.15, 0.2) is 24.3 Å². The lowest BCUT2D eigenvalue weighted by Crippen LogP contribution is -2.60. The molecule has 6 nitrogen and oxygen atoms in total. The minimum absolute atomic E-state index is 0.473. The van der Waals surface area contributed by atoms with Crippen molar-refractivity contribution in [2.75, 3.05) is 6.61 Å². The van der Waals surface area contributed by atoms with Gasteiger partial charge in [0, 0.05) is 0 Å². The Kier molecular flexibility index (Phi) is 4.95. The monoisotopic (exact) mass is 284 g/mol. The Hall–Kier alpha value is -1.18. The average molecular weight is 284 g/mol. The van der Waals surface area contributed by atoms with E-state index < -0.39 is 37.3 Å². The molecule has 20 heavy (non-hydrogen) atoms. The van der Waals surface area contributed by atoms with Gasteiger partial charge in [-0.1, -0.05) is 19.1 Å². The fourth-order valence-electron chi connectivity index (χ4n) is 2.10. The Morgan fingerprint density at radius 3 is 2.25 bits per heavy atom. The van der Waals surface area contributed by atoms with E-state index in [4.69, 9.17) is 14.6 Å². The highest BCUT2D eigenvalue weighted by Gasteiger charge is 2.44. The number of rotatable bonds is 4. The van der Waals surface area contributed by atoms with E-state index in [2.05, 4.69) is 0 Å². The van der Waals surface area contributed by atoms with Crippen molar-refractivity contribution in [3.05, 3.63) is 29.8 Å². The highest BCUT2D eigenvalue weighted by molar-refractivity contribution is 5.27. The van der Waals surface area contributed by atoms with Gasteiger partial charge in [0.2, 0.25) is 6.29 Å². The van der Waals surface area contributed by atoms with E-state index >= 15 is 0 Å². The van der Waals surface area contributed by atoms with Crippen LogP contribution in [0.3, 0.4) is 0 Å². The summed E-state index contributed by atoms with van der Waals surface area (Å²) in [4.78, 5) is 0. The van der Waals surface area contributed by atoms with E-state index in [-0.39, 0.29) is 0 Å². The van der Waals surface area contributed by atoms with Gasteiger partial charge in [0.1, 0.15) is 30.2 Å². The van der Waals surface area contributed by atoms with Crippen molar-refractivity contribution in [3.8, 4) is 5.75 Å². The fourth-order valence-corrected chi connectivity index (χ4v) is 2.10. The van der Waals surface area contributed by atoms with Gasteiger partial charge < -0.3 is 29.9 Å². The first-order chi connectivity index (χ1) is 9.56. The normalized spacial score (nSPS) is 34.0. The lowest BCUT2D eigenvalue weighted by atomic mass is 9.99. The molecule has 0 aliphatic carbocycles. The van der Waals surface area contributed by atoms with Gasteiger partial charge in [-0.3, -0.25) is 0 Å². The third kappa shape index (κ3) is 3.11. The van der Waals surface area contributed by atoms with Crippen molar-refractivity contribution in [2.45, 2.75) is 44.1 Å². The summed E-state index contributed by atoms with van der Waals surface area (Å²) in [5.41, 5.74) is 1.14. The van der Waals surface area contributed by atoms with Crippen LogP contribution in [0.2, 0.25) is 0 Å². The summed E-state index contributed by atoms with van der Waals surface area (Å²) in [6.07, 6.45) is -5.40. The van der Waals surface area contributed by atoms with Gasteiger partial charge in [0.05, 0.1) is 6.61 Å². The van der Waals surface area contributed by atoms with Crippen molar-refractivity contribution in [3.63, 3.8) is 0 Å². The molecule has 0 spiro atoms. The molecule has 0 radical (unpaired) electrons. The van der Waals surface area contributed by atoms with Crippen LogP contribution in [-0.2, 0) is 11.2 Å². The smallest absolute Gasteiger partial charge is 0.229 e. The Bertz CT molecular complexity index is 418. The second kappa shape index (κ2) is 6.51. The summed E-state index contributed by atoms with van der Waals surface area (Å²) >= 11 is 0.